The predicted molar refractivity (Wildman–Crippen MR) is 128 cm³/mol. The van der Waals surface area contributed by atoms with E-state index in [0.29, 0.717) is 6.61 Å². The Morgan fingerprint density at radius 2 is 1.70 bits per heavy atom. The first-order valence-corrected chi connectivity index (χ1v) is 11.7. The first-order valence-electron chi connectivity index (χ1n) is 11.7. The van der Waals surface area contributed by atoms with Crippen molar-refractivity contribution in [3.63, 3.8) is 0 Å². The Bertz CT molecular complexity index is 1080. The minimum atomic E-state index is -0.855. The van der Waals surface area contributed by atoms with E-state index < -0.39 is 11.5 Å². The molecule has 2 aliphatic heterocycles. The van der Waals surface area contributed by atoms with Crippen molar-refractivity contribution in [2.45, 2.75) is 24.4 Å². The molecular formula is C28H30N2O3. The van der Waals surface area contributed by atoms with Crippen molar-refractivity contribution in [3.8, 4) is 5.75 Å². The van der Waals surface area contributed by atoms with E-state index in [-0.39, 0.29) is 11.8 Å². The van der Waals surface area contributed by atoms with Crippen molar-refractivity contribution < 1.29 is 14.6 Å². The summed E-state index contributed by atoms with van der Waals surface area (Å²) < 4.78 is 5.50. The van der Waals surface area contributed by atoms with Gasteiger partial charge in [-0.05, 0) is 54.1 Å². The molecule has 33 heavy (non-hydrogen) atoms. The molecule has 1 fully saturated rings. The van der Waals surface area contributed by atoms with Crippen molar-refractivity contribution in [1.29, 1.82) is 0 Å². The number of ether oxygens (including phenoxy) is 1. The topological polar surface area (TPSA) is 75.8 Å². The summed E-state index contributed by atoms with van der Waals surface area (Å²) in [5.41, 5.74) is 9.34. The molecule has 0 aromatic heterocycles. The highest BCUT2D eigenvalue weighted by Crippen LogP contribution is 2.43. The number of hydrogen-bond donors (Lipinski definition) is 2. The molecule has 1 amide bonds. The van der Waals surface area contributed by atoms with Crippen LogP contribution >= 0.6 is 0 Å². The molecule has 5 heteroatoms. The molecule has 2 atom stereocenters. The fourth-order valence-electron chi connectivity index (χ4n) is 5.61. The second kappa shape index (κ2) is 9.00. The minimum Gasteiger partial charge on any atom is -0.490 e. The Balaban J connectivity index is 1.38. The Morgan fingerprint density at radius 1 is 1.03 bits per heavy atom. The lowest BCUT2D eigenvalue weighted by atomic mass is 9.64. The van der Waals surface area contributed by atoms with Crippen LogP contribution in [0, 0.1) is 5.92 Å². The van der Waals surface area contributed by atoms with Crippen LogP contribution in [-0.2, 0) is 16.6 Å². The summed E-state index contributed by atoms with van der Waals surface area (Å²) in [6, 6.07) is 26.1. The number of nitrogens with two attached hydrogens (primary N) is 1. The van der Waals surface area contributed by atoms with Crippen LogP contribution < -0.4 is 10.5 Å². The van der Waals surface area contributed by atoms with Crippen LogP contribution in [0.25, 0.3) is 0 Å². The van der Waals surface area contributed by atoms with Crippen LogP contribution in [0.15, 0.2) is 78.9 Å². The van der Waals surface area contributed by atoms with Gasteiger partial charge in [-0.1, -0.05) is 66.7 Å². The van der Waals surface area contributed by atoms with Gasteiger partial charge in [0.25, 0.3) is 0 Å². The number of rotatable bonds is 7. The molecule has 5 nitrogen and oxygen atoms in total. The molecule has 0 spiro atoms. The van der Waals surface area contributed by atoms with E-state index in [1.165, 1.54) is 5.56 Å². The molecule has 3 aromatic carbocycles. The lowest BCUT2D eigenvalue weighted by Crippen LogP contribution is -2.49. The van der Waals surface area contributed by atoms with Gasteiger partial charge in [0.15, 0.2) is 0 Å². The normalized spacial score (nSPS) is 20.4. The highest BCUT2D eigenvalue weighted by Gasteiger charge is 2.49. The maximum Gasteiger partial charge on any atom is 0.232 e. The molecule has 0 bridgehead atoms. The number of hydrogen-bond acceptors (Lipinski definition) is 4. The van der Waals surface area contributed by atoms with Crippen molar-refractivity contribution in [2.24, 2.45) is 11.7 Å². The summed E-state index contributed by atoms with van der Waals surface area (Å²) >= 11 is 0. The largest absolute Gasteiger partial charge is 0.490 e. The van der Waals surface area contributed by atoms with Gasteiger partial charge >= 0.3 is 0 Å². The number of fused-ring (bicyclic) bond motifs is 1. The van der Waals surface area contributed by atoms with Gasteiger partial charge in [-0.15, -0.1) is 0 Å². The number of aliphatic hydroxyl groups excluding tert-OH is 1. The molecule has 1 unspecified atom stereocenters. The lowest BCUT2D eigenvalue weighted by molar-refractivity contribution is -0.123. The van der Waals surface area contributed by atoms with Gasteiger partial charge in [-0.2, -0.15) is 0 Å². The standard InChI is InChI=1S/C28H30N2O3/c29-27(32)28(21-7-3-1-4-8-21,22-9-5-2-6-10-22)23-14-16-30(18-23)15-13-20-11-12-26-24(17-20)25(31)19-33-26/h1-12,17,23,25,31H,13-16,18-19H2,(H2,29,32)/t23-,25?/m1/s1. The molecule has 3 N–H and O–H groups in total. The molecule has 2 aliphatic rings. The lowest BCUT2D eigenvalue weighted by Gasteiger charge is -2.37. The summed E-state index contributed by atoms with van der Waals surface area (Å²) in [4.78, 5) is 15.6. The van der Waals surface area contributed by atoms with Gasteiger partial charge in [-0.25, -0.2) is 0 Å². The number of carbonyl (C=O) groups is 1. The average molecular weight is 443 g/mol. The highest BCUT2D eigenvalue weighted by atomic mass is 16.5. The molecule has 5 rings (SSSR count). The summed E-state index contributed by atoms with van der Waals surface area (Å²) in [7, 11) is 0. The van der Waals surface area contributed by atoms with E-state index in [2.05, 4.69) is 17.0 Å². The van der Waals surface area contributed by atoms with Gasteiger partial charge in [0, 0.05) is 18.7 Å². The van der Waals surface area contributed by atoms with Crippen LogP contribution in [-0.4, -0.2) is 42.2 Å². The van der Waals surface area contributed by atoms with Crippen molar-refractivity contribution in [2.75, 3.05) is 26.2 Å². The highest BCUT2D eigenvalue weighted by molar-refractivity contribution is 5.91. The number of nitrogens with zero attached hydrogens (tertiary/aromatic N) is 1. The molecule has 0 aliphatic carbocycles. The Morgan fingerprint density at radius 3 is 2.33 bits per heavy atom. The number of primary amides is 1. The van der Waals surface area contributed by atoms with E-state index in [9.17, 15) is 9.90 Å². The van der Waals surface area contributed by atoms with Crippen molar-refractivity contribution in [3.05, 3.63) is 101 Å². The maximum absolute atomic E-state index is 13.2. The Hall–Kier alpha value is -3.15. The quantitative estimate of drug-likeness (QED) is 0.588. The van der Waals surface area contributed by atoms with Crippen molar-refractivity contribution in [1.82, 2.24) is 4.90 Å². The second-order valence-corrected chi connectivity index (χ2v) is 9.14. The summed E-state index contributed by atoms with van der Waals surface area (Å²) in [5.74, 6) is 0.582. The third kappa shape index (κ3) is 3.92. The zero-order chi connectivity index (χ0) is 22.8. The smallest absolute Gasteiger partial charge is 0.232 e. The van der Waals surface area contributed by atoms with Crippen LogP contribution in [0.2, 0.25) is 0 Å². The summed E-state index contributed by atoms with van der Waals surface area (Å²) in [6.07, 6.45) is 1.25. The van der Waals surface area contributed by atoms with E-state index in [1.54, 1.807) is 0 Å². The van der Waals surface area contributed by atoms with Crippen LogP contribution in [0.5, 0.6) is 5.75 Å². The van der Waals surface area contributed by atoms with E-state index in [4.69, 9.17) is 10.5 Å². The molecule has 0 saturated carbocycles. The number of aliphatic hydroxyl groups is 1. The third-order valence-electron chi connectivity index (χ3n) is 7.28. The van der Waals surface area contributed by atoms with Crippen LogP contribution in [0.4, 0.5) is 0 Å². The van der Waals surface area contributed by atoms with E-state index in [0.717, 1.165) is 54.9 Å². The zero-order valence-corrected chi connectivity index (χ0v) is 18.7. The first-order chi connectivity index (χ1) is 16.1. The number of carbonyl (C=O) groups excluding carboxylic acids is 1. The van der Waals surface area contributed by atoms with Crippen molar-refractivity contribution >= 4 is 5.91 Å². The van der Waals surface area contributed by atoms with E-state index >= 15 is 0 Å². The molecule has 0 radical (unpaired) electrons. The number of amides is 1. The molecule has 1 saturated heterocycles. The maximum atomic E-state index is 13.2. The van der Waals surface area contributed by atoms with Gasteiger partial charge in [-0.3, -0.25) is 4.79 Å². The first kappa shape index (κ1) is 21.7. The van der Waals surface area contributed by atoms with Gasteiger partial charge < -0.3 is 20.5 Å². The minimum absolute atomic E-state index is 0.0926. The second-order valence-electron chi connectivity index (χ2n) is 9.14. The fourth-order valence-corrected chi connectivity index (χ4v) is 5.61. The summed E-state index contributed by atoms with van der Waals surface area (Å²) in [5, 5.41) is 10.1. The summed E-state index contributed by atoms with van der Waals surface area (Å²) in [6.45, 7) is 2.96. The molecule has 3 aromatic rings. The number of likely N-dealkylation sites (tertiary alicyclic amines) is 1. The monoisotopic (exact) mass is 442 g/mol. The molecular weight excluding hydrogens is 412 g/mol. The SMILES string of the molecule is NC(=O)C(c1ccccc1)(c1ccccc1)[C@@H]1CCN(CCc2ccc3c(c2)C(O)CO3)C1. The Labute approximate surface area is 194 Å². The predicted octanol–water partition coefficient (Wildman–Crippen LogP) is 3.45. The van der Waals surface area contributed by atoms with Crippen LogP contribution in [0.1, 0.15) is 34.8 Å². The molecule has 170 valence electrons. The molecule has 2 heterocycles. The van der Waals surface area contributed by atoms with Gasteiger partial charge in [0.2, 0.25) is 5.91 Å². The van der Waals surface area contributed by atoms with Crippen LogP contribution in [0.3, 0.4) is 0 Å². The van der Waals surface area contributed by atoms with E-state index in [1.807, 2.05) is 66.7 Å². The number of benzene rings is 3. The van der Waals surface area contributed by atoms with Gasteiger partial charge in [0.1, 0.15) is 23.9 Å². The van der Waals surface area contributed by atoms with Gasteiger partial charge in [0.05, 0.1) is 0 Å². The third-order valence-corrected chi connectivity index (χ3v) is 7.28. The Kier molecular flexibility index (Phi) is 5.92. The zero-order valence-electron chi connectivity index (χ0n) is 18.7. The average Bonchev–Trinajstić information content (AvgIpc) is 3.46. The fraction of sp³-hybridized carbons (Fsp3) is 0.321.